The highest BCUT2D eigenvalue weighted by molar-refractivity contribution is 5.92. The molecule has 2 fully saturated rings. The van der Waals surface area contributed by atoms with E-state index in [-0.39, 0.29) is 22.9 Å². The maximum Gasteiger partial charge on any atom is 0.343 e. The molecule has 0 N–H and O–H groups in total. The van der Waals surface area contributed by atoms with Gasteiger partial charge in [0, 0.05) is 11.5 Å². The topological polar surface area (TPSA) is 88.1 Å². The molecule has 4 rings (SSSR count). The first-order valence-electron chi connectivity index (χ1n) is 14.2. The van der Waals surface area contributed by atoms with Gasteiger partial charge in [0.25, 0.3) is 0 Å². The zero-order chi connectivity index (χ0) is 28.8. The van der Waals surface area contributed by atoms with Gasteiger partial charge >= 0.3 is 17.9 Å². The maximum absolute atomic E-state index is 12.8. The molecule has 40 heavy (non-hydrogen) atoms. The van der Waals surface area contributed by atoms with Gasteiger partial charge in [0.15, 0.2) is 0 Å². The molecule has 2 aliphatic carbocycles. The molecular formula is C33H40O7. The number of hydrogen-bond acceptors (Lipinski definition) is 7. The molecule has 2 aliphatic rings. The van der Waals surface area contributed by atoms with Crippen LogP contribution in [-0.2, 0) is 14.3 Å². The van der Waals surface area contributed by atoms with Crippen LogP contribution in [0, 0.1) is 16.7 Å². The van der Waals surface area contributed by atoms with E-state index < -0.39 is 11.9 Å². The molecule has 214 valence electrons. The number of benzene rings is 2. The average molecular weight is 549 g/mol. The van der Waals surface area contributed by atoms with Crippen LogP contribution >= 0.6 is 0 Å². The Bertz CT molecular complexity index is 1200. The largest absolute Gasteiger partial charge is 0.494 e. The quantitative estimate of drug-likeness (QED) is 0.116. The zero-order valence-electron chi connectivity index (χ0n) is 23.8. The van der Waals surface area contributed by atoms with E-state index in [0.717, 1.165) is 44.6 Å². The Morgan fingerprint density at radius 3 is 2.02 bits per heavy atom. The van der Waals surface area contributed by atoms with Crippen molar-refractivity contribution < 1.29 is 33.3 Å². The van der Waals surface area contributed by atoms with Crippen LogP contribution < -0.4 is 9.47 Å². The van der Waals surface area contributed by atoms with Gasteiger partial charge in [-0.2, -0.15) is 0 Å². The summed E-state index contributed by atoms with van der Waals surface area (Å²) >= 11 is 0. The summed E-state index contributed by atoms with van der Waals surface area (Å²) in [5.74, 6) is 0.403. The van der Waals surface area contributed by atoms with E-state index in [4.69, 9.17) is 18.9 Å². The third kappa shape index (κ3) is 6.57. The normalized spacial score (nSPS) is 22.4. The van der Waals surface area contributed by atoms with Gasteiger partial charge in [0.1, 0.15) is 17.6 Å². The van der Waals surface area contributed by atoms with E-state index in [9.17, 15) is 14.4 Å². The minimum absolute atomic E-state index is 0.00784. The molecule has 0 spiro atoms. The molecule has 2 bridgehead atoms. The number of unbranched alkanes of at least 4 members (excludes halogenated alkanes) is 3. The summed E-state index contributed by atoms with van der Waals surface area (Å²) in [5, 5.41) is 0. The van der Waals surface area contributed by atoms with E-state index in [1.807, 2.05) is 0 Å². The van der Waals surface area contributed by atoms with Crippen molar-refractivity contribution in [1.82, 2.24) is 0 Å². The van der Waals surface area contributed by atoms with Crippen LogP contribution in [0.3, 0.4) is 0 Å². The van der Waals surface area contributed by atoms with E-state index in [0.29, 0.717) is 41.8 Å². The minimum Gasteiger partial charge on any atom is -0.494 e. The van der Waals surface area contributed by atoms with Crippen LogP contribution in [0.5, 0.6) is 11.5 Å². The van der Waals surface area contributed by atoms with Crippen molar-refractivity contribution in [3.63, 3.8) is 0 Å². The lowest BCUT2D eigenvalue weighted by Crippen LogP contribution is -2.38. The Balaban J connectivity index is 1.18. The highest BCUT2D eigenvalue weighted by atomic mass is 16.5. The average Bonchev–Trinajstić information content (AvgIpc) is 3.28. The molecule has 0 saturated heterocycles. The molecule has 2 aromatic rings. The number of rotatable bonds is 13. The Kier molecular flexibility index (Phi) is 9.33. The van der Waals surface area contributed by atoms with Crippen LogP contribution in [0.2, 0.25) is 0 Å². The highest BCUT2D eigenvalue weighted by Crippen LogP contribution is 2.66. The molecule has 2 saturated carbocycles. The second-order valence-corrected chi connectivity index (χ2v) is 11.6. The van der Waals surface area contributed by atoms with Crippen LogP contribution in [-0.4, -0.2) is 37.2 Å². The van der Waals surface area contributed by atoms with Crippen molar-refractivity contribution in [2.75, 3.05) is 13.2 Å². The molecule has 7 heteroatoms. The predicted octanol–water partition coefficient (Wildman–Crippen LogP) is 6.95. The molecule has 0 aliphatic heterocycles. The van der Waals surface area contributed by atoms with Crippen molar-refractivity contribution in [2.45, 2.75) is 71.8 Å². The smallest absolute Gasteiger partial charge is 0.343 e. The number of fused-ring (bicyclic) bond motifs is 2. The van der Waals surface area contributed by atoms with Crippen LogP contribution in [0.1, 0.15) is 86.4 Å². The first-order chi connectivity index (χ1) is 19.1. The molecule has 0 aromatic heterocycles. The summed E-state index contributed by atoms with van der Waals surface area (Å²) in [6, 6.07) is 13.3. The summed E-state index contributed by atoms with van der Waals surface area (Å²) in [7, 11) is 0. The van der Waals surface area contributed by atoms with Crippen molar-refractivity contribution in [1.29, 1.82) is 0 Å². The van der Waals surface area contributed by atoms with Gasteiger partial charge in [-0.15, -0.1) is 0 Å². The standard InChI is InChI=1S/C33H40O7/c1-5-29(34)38-21-9-7-6-8-20-37-26-14-10-23(11-15-26)30(35)39-27-16-12-24(13-17-27)31(36)40-28-22-25-18-19-33(28,4)32(25,2)3/h5,10-17,25,28H,1,6-9,18-22H2,2-4H3/t25-,28-,33+/m1/s1. The molecule has 0 heterocycles. The lowest BCUT2D eigenvalue weighted by molar-refractivity contribution is -0.137. The van der Waals surface area contributed by atoms with E-state index in [1.165, 1.54) is 6.42 Å². The van der Waals surface area contributed by atoms with Crippen molar-refractivity contribution in [3.8, 4) is 11.5 Å². The van der Waals surface area contributed by atoms with E-state index in [2.05, 4.69) is 27.4 Å². The predicted molar refractivity (Wildman–Crippen MR) is 151 cm³/mol. The Hall–Kier alpha value is -3.61. The SMILES string of the molecule is C=CC(=O)OCCCCCCOc1ccc(C(=O)Oc2ccc(C(=O)O[C@@H]3C[C@H]4CC[C@]3(C)C4(C)C)cc2)cc1. The van der Waals surface area contributed by atoms with E-state index in [1.54, 1.807) is 48.5 Å². The number of carbonyl (C=O) groups excluding carboxylic acids is 3. The third-order valence-corrected chi connectivity index (χ3v) is 9.07. The molecule has 7 nitrogen and oxygen atoms in total. The second kappa shape index (κ2) is 12.7. The van der Waals surface area contributed by atoms with Crippen LogP contribution in [0.4, 0.5) is 0 Å². The Morgan fingerprint density at radius 2 is 1.45 bits per heavy atom. The molecule has 3 atom stereocenters. The van der Waals surface area contributed by atoms with Crippen molar-refractivity contribution in [2.24, 2.45) is 16.7 Å². The van der Waals surface area contributed by atoms with E-state index >= 15 is 0 Å². The molecule has 0 amide bonds. The number of carbonyl (C=O) groups is 3. The number of ether oxygens (including phenoxy) is 4. The zero-order valence-corrected chi connectivity index (χ0v) is 23.8. The van der Waals surface area contributed by atoms with Gasteiger partial charge in [-0.25, -0.2) is 14.4 Å². The molecule has 0 radical (unpaired) electrons. The fraction of sp³-hybridized carbons (Fsp3) is 0.485. The summed E-state index contributed by atoms with van der Waals surface area (Å²) in [6.45, 7) is 11.2. The first kappa shape index (κ1) is 29.4. The third-order valence-electron chi connectivity index (χ3n) is 9.07. The molecule has 0 unspecified atom stereocenters. The second-order valence-electron chi connectivity index (χ2n) is 11.6. The summed E-state index contributed by atoms with van der Waals surface area (Å²) in [6.07, 6.45) is 7.89. The molecule has 2 aromatic carbocycles. The van der Waals surface area contributed by atoms with Gasteiger partial charge in [0.05, 0.1) is 24.3 Å². The van der Waals surface area contributed by atoms with Crippen molar-refractivity contribution >= 4 is 17.9 Å². The van der Waals surface area contributed by atoms with Crippen LogP contribution in [0.25, 0.3) is 0 Å². The Labute approximate surface area is 236 Å². The first-order valence-corrected chi connectivity index (χ1v) is 14.2. The van der Waals surface area contributed by atoms with Crippen LogP contribution in [0.15, 0.2) is 61.2 Å². The minimum atomic E-state index is -0.490. The molecular weight excluding hydrogens is 508 g/mol. The lowest BCUT2D eigenvalue weighted by Gasteiger charge is -2.38. The summed E-state index contributed by atoms with van der Waals surface area (Å²) in [5.41, 5.74) is 1.03. The highest BCUT2D eigenvalue weighted by Gasteiger charge is 2.62. The monoisotopic (exact) mass is 548 g/mol. The maximum atomic E-state index is 12.8. The fourth-order valence-corrected chi connectivity index (χ4v) is 6.00. The van der Waals surface area contributed by atoms with Gasteiger partial charge < -0.3 is 18.9 Å². The van der Waals surface area contributed by atoms with Gasteiger partial charge in [-0.3, -0.25) is 0 Å². The number of esters is 3. The van der Waals surface area contributed by atoms with Gasteiger partial charge in [0.2, 0.25) is 0 Å². The summed E-state index contributed by atoms with van der Waals surface area (Å²) in [4.78, 5) is 36.4. The lowest BCUT2D eigenvalue weighted by atomic mass is 9.70. The van der Waals surface area contributed by atoms with Gasteiger partial charge in [-0.05, 0) is 105 Å². The summed E-state index contributed by atoms with van der Waals surface area (Å²) < 4.78 is 22.1. The van der Waals surface area contributed by atoms with Crippen molar-refractivity contribution in [3.05, 3.63) is 72.3 Å². The number of hydrogen-bond donors (Lipinski definition) is 0. The Morgan fingerprint density at radius 1 is 0.850 bits per heavy atom. The fourth-order valence-electron chi connectivity index (χ4n) is 6.00. The van der Waals surface area contributed by atoms with Gasteiger partial charge in [-0.1, -0.05) is 27.4 Å².